The Kier molecular flexibility index (Phi) is 3.15. The minimum atomic E-state index is -0.0852. The number of hydrogen-bond acceptors (Lipinski definition) is 4. The van der Waals surface area contributed by atoms with Crippen molar-refractivity contribution in [1.82, 2.24) is 4.90 Å². The first-order chi connectivity index (χ1) is 8.24. The minimum absolute atomic E-state index is 0.0852. The molecule has 0 aliphatic carbocycles. The largest absolute Gasteiger partial charge is 0.497 e. The molecular weight excluding hydrogens is 218 g/mol. The van der Waals surface area contributed by atoms with Crippen molar-refractivity contribution in [3.63, 3.8) is 0 Å². The van der Waals surface area contributed by atoms with Crippen LogP contribution in [0.1, 0.15) is 11.7 Å². The maximum atomic E-state index is 8.51. The van der Waals surface area contributed by atoms with Gasteiger partial charge in [0.2, 0.25) is 6.19 Å². The van der Waals surface area contributed by atoms with Gasteiger partial charge in [-0.3, -0.25) is 0 Å². The van der Waals surface area contributed by atoms with Crippen LogP contribution in [0.3, 0.4) is 0 Å². The summed E-state index contributed by atoms with van der Waals surface area (Å²) in [5.41, 5.74) is 1.04. The van der Waals surface area contributed by atoms with Crippen molar-refractivity contribution in [2.75, 3.05) is 20.7 Å². The molecule has 1 atom stereocenters. The van der Waals surface area contributed by atoms with Gasteiger partial charge in [-0.25, -0.2) is 0 Å². The number of amidine groups is 1. The lowest BCUT2D eigenvalue weighted by atomic mass is 10.1. The molecule has 0 aromatic heterocycles. The van der Waals surface area contributed by atoms with E-state index in [9.17, 15) is 0 Å². The van der Waals surface area contributed by atoms with E-state index >= 15 is 0 Å². The molecule has 1 fully saturated rings. The molecule has 1 unspecified atom stereocenters. The standard InChI is InChI=1S/C12H13N3O2/c1-15-7-11(17-12(15)14-8-13)9-3-5-10(16-2)6-4-9/h3-6,11H,7H2,1-2H3. The first kappa shape index (κ1) is 11.3. The lowest BCUT2D eigenvalue weighted by molar-refractivity contribution is 0.235. The molecule has 5 heteroatoms. The Morgan fingerprint density at radius 3 is 2.76 bits per heavy atom. The number of likely N-dealkylation sites (N-methyl/N-ethyl adjacent to an activating group) is 1. The minimum Gasteiger partial charge on any atom is -0.497 e. The van der Waals surface area contributed by atoms with Gasteiger partial charge in [0.25, 0.3) is 0 Å². The van der Waals surface area contributed by atoms with Crippen LogP contribution < -0.4 is 4.74 Å². The number of nitrogens with zero attached hydrogens (tertiary/aromatic N) is 3. The number of nitriles is 1. The zero-order valence-electron chi connectivity index (χ0n) is 9.75. The molecule has 0 amide bonds. The van der Waals surface area contributed by atoms with E-state index < -0.39 is 0 Å². The SMILES string of the molecule is COc1ccc(C2CN(C)C(=NC#N)O2)cc1. The van der Waals surface area contributed by atoms with Crippen molar-refractivity contribution in [2.45, 2.75) is 6.10 Å². The molecule has 0 N–H and O–H groups in total. The molecule has 88 valence electrons. The van der Waals surface area contributed by atoms with E-state index in [1.807, 2.05) is 36.2 Å². The molecule has 0 bridgehead atoms. The van der Waals surface area contributed by atoms with E-state index in [1.165, 1.54) is 0 Å². The van der Waals surface area contributed by atoms with Crippen LogP contribution in [0.2, 0.25) is 0 Å². The van der Waals surface area contributed by atoms with Gasteiger partial charge in [-0.05, 0) is 17.7 Å². The van der Waals surface area contributed by atoms with Crippen LogP contribution in [-0.4, -0.2) is 31.6 Å². The van der Waals surface area contributed by atoms with E-state index in [-0.39, 0.29) is 6.10 Å². The highest BCUT2D eigenvalue weighted by Crippen LogP contribution is 2.26. The Hall–Kier alpha value is -2.22. The summed E-state index contributed by atoms with van der Waals surface area (Å²) in [4.78, 5) is 5.43. The van der Waals surface area contributed by atoms with E-state index in [0.29, 0.717) is 12.6 Å². The molecule has 5 nitrogen and oxygen atoms in total. The van der Waals surface area contributed by atoms with Crippen molar-refractivity contribution >= 4 is 6.02 Å². The molecule has 0 spiro atoms. The normalized spacial score (nSPS) is 21.1. The topological polar surface area (TPSA) is 57.8 Å². The van der Waals surface area contributed by atoms with Gasteiger partial charge in [-0.1, -0.05) is 12.1 Å². The summed E-state index contributed by atoms with van der Waals surface area (Å²) in [5, 5.41) is 8.51. The highest BCUT2D eigenvalue weighted by molar-refractivity contribution is 5.76. The van der Waals surface area contributed by atoms with Crippen LogP contribution in [0, 0.1) is 11.5 Å². The quantitative estimate of drug-likeness (QED) is 0.724. The Morgan fingerprint density at radius 2 is 2.18 bits per heavy atom. The molecular formula is C12H13N3O2. The molecule has 1 heterocycles. The summed E-state index contributed by atoms with van der Waals surface area (Å²) in [5.74, 6) is 0.811. The number of aliphatic imine (C=N–C) groups is 1. The van der Waals surface area contributed by atoms with Crippen molar-refractivity contribution in [3.8, 4) is 11.9 Å². The summed E-state index contributed by atoms with van der Waals surface area (Å²) < 4.78 is 10.7. The van der Waals surface area contributed by atoms with Gasteiger partial charge in [0.1, 0.15) is 11.9 Å². The van der Waals surface area contributed by atoms with Crippen LogP contribution in [0.15, 0.2) is 29.3 Å². The summed E-state index contributed by atoms with van der Waals surface area (Å²) >= 11 is 0. The summed E-state index contributed by atoms with van der Waals surface area (Å²) in [6, 6.07) is 8.04. The molecule has 1 aromatic carbocycles. The third-order valence-corrected chi connectivity index (χ3v) is 2.65. The Morgan fingerprint density at radius 1 is 1.47 bits per heavy atom. The van der Waals surface area contributed by atoms with Gasteiger partial charge >= 0.3 is 6.02 Å². The van der Waals surface area contributed by atoms with E-state index in [1.54, 1.807) is 13.3 Å². The highest BCUT2D eigenvalue weighted by Gasteiger charge is 2.28. The highest BCUT2D eigenvalue weighted by atomic mass is 16.5. The first-order valence-corrected chi connectivity index (χ1v) is 5.23. The van der Waals surface area contributed by atoms with Crippen molar-refractivity contribution < 1.29 is 9.47 Å². The van der Waals surface area contributed by atoms with E-state index in [4.69, 9.17) is 14.7 Å². The van der Waals surface area contributed by atoms with Crippen molar-refractivity contribution in [2.24, 2.45) is 4.99 Å². The zero-order chi connectivity index (χ0) is 12.3. The van der Waals surface area contributed by atoms with Crippen LogP contribution in [-0.2, 0) is 4.74 Å². The maximum Gasteiger partial charge on any atom is 0.303 e. The van der Waals surface area contributed by atoms with E-state index in [2.05, 4.69) is 4.99 Å². The lowest BCUT2D eigenvalue weighted by Crippen LogP contribution is -2.19. The van der Waals surface area contributed by atoms with Gasteiger partial charge in [-0.2, -0.15) is 5.26 Å². The molecule has 0 saturated carbocycles. The second kappa shape index (κ2) is 4.74. The van der Waals surface area contributed by atoms with Gasteiger partial charge in [0.15, 0.2) is 0 Å². The van der Waals surface area contributed by atoms with Gasteiger partial charge in [-0.15, -0.1) is 4.99 Å². The second-order valence-corrected chi connectivity index (χ2v) is 3.75. The van der Waals surface area contributed by atoms with Crippen molar-refractivity contribution in [1.29, 1.82) is 5.26 Å². The number of hydrogen-bond donors (Lipinski definition) is 0. The third-order valence-electron chi connectivity index (χ3n) is 2.65. The molecule has 17 heavy (non-hydrogen) atoms. The average Bonchev–Trinajstić information content (AvgIpc) is 2.72. The van der Waals surface area contributed by atoms with Gasteiger partial charge in [0.05, 0.1) is 13.7 Å². The van der Waals surface area contributed by atoms with Crippen LogP contribution in [0.5, 0.6) is 5.75 Å². The van der Waals surface area contributed by atoms with E-state index in [0.717, 1.165) is 11.3 Å². The summed E-state index contributed by atoms with van der Waals surface area (Å²) in [7, 11) is 3.48. The van der Waals surface area contributed by atoms with Crippen molar-refractivity contribution in [3.05, 3.63) is 29.8 Å². The third kappa shape index (κ3) is 2.31. The first-order valence-electron chi connectivity index (χ1n) is 5.23. The second-order valence-electron chi connectivity index (χ2n) is 3.75. The lowest BCUT2D eigenvalue weighted by Gasteiger charge is -2.09. The fraction of sp³-hybridized carbons (Fsp3) is 0.333. The summed E-state index contributed by atoms with van der Waals surface area (Å²) in [6.45, 7) is 0.687. The molecule has 2 rings (SSSR count). The number of methoxy groups -OCH3 is 1. The number of rotatable bonds is 2. The van der Waals surface area contributed by atoms with Crippen LogP contribution in [0.4, 0.5) is 0 Å². The smallest absolute Gasteiger partial charge is 0.303 e. The Labute approximate surface area is 99.9 Å². The number of ether oxygens (including phenoxy) is 2. The zero-order valence-corrected chi connectivity index (χ0v) is 9.75. The Balaban J connectivity index is 2.14. The predicted molar refractivity (Wildman–Crippen MR) is 62.5 cm³/mol. The average molecular weight is 231 g/mol. The molecule has 1 aromatic rings. The van der Waals surface area contributed by atoms with Gasteiger partial charge in [0, 0.05) is 7.05 Å². The molecule has 1 saturated heterocycles. The fourth-order valence-corrected chi connectivity index (χ4v) is 1.73. The maximum absolute atomic E-state index is 8.51. The Bertz CT molecular complexity index is 462. The summed E-state index contributed by atoms with van der Waals surface area (Å²) in [6.07, 6.45) is 1.65. The van der Waals surface area contributed by atoms with Gasteiger partial charge < -0.3 is 14.4 Å². The molecule has 1 aliphatic heterocycles. The monoisotopic (exact) mass is 231 g/mol. The number of benzene rings is 1. The molecule has 1 aliphatic rings. The fourth-order valence-electron chi connectivity index (χ4n) is 1.73. The predicted octanol–water partition coefficient (Wildman–Crippen LogP) is 1.54. The van der Waals surface area contributed by atoms with Crippen LogP contribution >= 0.6 is 0 Å². The van der Waals surface area contributed by atoms with Crippen LogP contribution in [0.25, 0.3) is 0 Å². The molecule has 0 radical (unpaired) electrons.